The smallest absolute Gasteiger partial charge is 0.312 e. The summed E-state index contributed by atoms with van der Waals surface area (Å²) in [6.07, 6.45) is 2.19. The molecule has 4 amide bonds. The van der Waals surface area contributed by atoms with Crippen molar-refractivity contribution in [1.29, 1.82) is 0 Å². The Kier molecular flexibility index (Phi) is 4.24. The van der Waals surface area contributed by atoms with E-state index in [2.05, 4.69) is 10.6 Å². The molecule has 0 aromatic carbocycles. The maximum Gasteiger partial charge on any atom is 0.312 e. The molecule has 2 heterocycles. The van der Waals surface area contributed by atoms with Crippen molar-refractivity contribution >= 4 is 17.8 Å². The van der Waals surface area contributed by atoms with Gasteiger partial charge in [-0.2, -0.15) is 0 Å². The third kappa shape index (κ3) is 3.59. The summed E-state index contributed by atoms with van der Waals surface area (Å²) in [4.78, 5) is 35.9. The zero-order chi connectivity index (χ0) is 13.8. The number of rotatable bonds is 3. The van der Waals surface area contributed by atoms with E-state index in [0.29, 0.717) is 26.1 Å². The number of hydrogen-bond donors (Lipinski definition) is 3. The molecule has 4 N–H and O–H groups in total. The number of urea groups is 1. The maximum absolute atomic E-state index is 12.3. The molecule has 0 aromatic rings. The average molecular weight is 268 g/mol. The highest BCUT2D eigenvalue weighted by molar-refractivity contribution is 5.89. The Bertz CT molecular complexity index is 385. The van der Waals surface area contributed by atoms with Crippen molar-refractivity contribution in [3.63, 3.8) is 0 Å². The Morgan fingerprint density at radius 3 is 2.89 bits per heavy atom. The molecule has 0 saturated carbocycles. The fourth-order valence-electron chi connectivity index (χ4n) is 2.71. The third-order valence-electron chi connectivity index (χ3n) is 3.72. The van der Waals surface area contributed by atoms with Gasteiger partial charge in [-0.1, -0.05) is 0 Å². The molecule has 106 valence electrons. The van der Waals surface area contributed by atoms with Crippen LogP contribution in [0.15, 0.2) is 0 Å². The summed E-state index contributed by atoms with van der Waals surface area (Å²) in [6, 6.07) is -0.533. The molecular formula is C12H20N4O3. The summed E-state index contributed by atoms with van der Waals surface area (Å²) in [6.45, 7) is 2.31. The highest BCUT2D eigenvalue weighted by atomic mass is 16.2. The van der Waals surface area contributed by atoms with E-state index in [4.69, 9.17) is 5.73 Å². The van der Waals surface area contributed by atoms with Gasteiger partial charge in [-0.25, -0.2) is 4.79 Å². The number of nitrogens with one attached hydrogen (secondary N) is 2. The first-order valence-corrected chi connectivity index (χ1v) is 6.65. The van der Waals surface area contributed by atoms with E-state index in [1.807, 2.05) is 4.90 Å². The van der Waals surface area contributed by atoms with Gasteiger partial charge >= 0.3 is 6.03 Å². The maximum atomic E-state index is 12.3. The molecule has 7 heteroatoms. The lowest BCUT2D eigenvalue weighted by Gasteiger charge is -2.34. The van der Waals surface area contributed by atoms with Crippen LogP contribution >= 0.6 is 0 Å². The molecule has 0 aliphatic carbocycles. The minimum atomic E-state index is -0.533. The van der Waals surface area contributed by atoms with Crippen molar-refractivity contribution in [1.82, 2.24) is 15.5 Å². The number of likely N-dealkylation sites (tertiary alicyclic amines) is 1. The number of amides is 4. The number of primary amides is 1. The fourth-order valence-corrected chi connectivity index (χ4v) is 2.71. The second-order valence-corrected chi connectivity index (χ2v) is 5.24. The van der Waals surface area contributed by atoms with Crippen LogP contribution in [0.2, 0.25) is 0 Å². The van der Waals surface area contributed by atoms with Crippen LogP contribution in [-0.4, -0.2) is 48.9 Å². The highest BCUT2D eigenvalue weighted by Gasteiger charge is 2.33. The van der Waals surface area contributed by atoms with Gasteiger partial charge in [0, 0.05) is 32.6 Å². The first-order chi connectivity index (χ1) is 9.06. The predicted molar refractivity (Wildman–Crippen MR) is 68.0 cm³/mol. The molecule has 0 radical (unpaired) electrons. The molecule has 0 bridgehead atoms. The number of nitrogens with two attached hydrogens (primary N) is 1. The minimum Gasteiger partial charge on any atom is -0.355 e. The number of piperidine rings is 1. The van der Waals surface area contributed by atoms with Crippen molar-refractivity contribution in [2.75, 3.05) is 26.2 Å². The topological polar surface area (TPSA) is 105 Å². The Morgan fingerprint density at radius 1 is 1.47 bits per heavy atom. The van der Waals surface area contributed by atoms with Gasteiger partial charge in [0.05, 0.1) is 5.92 Å². The Balaban J connectivity index is 1.84. The molecule has 2 fully saturated rings. The summed E-state index contributed by atoms with van der Waals surface area (Å²) in [5, 5.41) is 5.27. The van der Waals surface area contributed by atoms with Gasteiger partial charge in [0.1, 0.15) is 0 Å². The van der Waals surface area contributed by atoms with E-state index in [0.717, 1.165) is 19.4 Å². The van der Waals surface area contributed by atoms with Gasteiger partial charge in [0.2, 0.25) is 11.8 Å². The van der Waals surface area contributed by atoms with Crippen molar-refractivity contribution in [3.05, 3.63) is 0 Å². The Labute approximate surface area is 111 Å². The van der Waals surface area contributed by atoms with Crippen molar-refractivity contribution in [2.24, 2.45) is 17.6 Å². The highest BCUT2D eigenvalue weighted by Crippen LogP contribution is 2.20. The van der Waals surface area contributed by atoms with E-state index in [9.17, 15) is 14.4 Å². The normalized spacial score (nSPS) is 26.9. The van der Waals surface area contributed by atoms with Crippen LogP contribution in [0.4, 0.5) is 4.79 Å². The third-order valence-corrected chi connectivity index (χ3v) is 3.72. The van der Waals surface area contributed by atoms with Crippen LogP contribution in [0.3, 0.4) is 0 Å². The first-order valence-electron chi connectivity index (χ1n) is 6.65. The summed E-state index contributed by atoms with van der Waals surface area (Å²) in [5.41, 5.74) is 5.04. The molecule has 2 aliphatic heterocycles. The van der Waals surface area contributed by atoms with Crippen LogP contribution in [0.5, 0.6) is 0 Å². The predicted octanol–water partition coefficient (Wildman–Crippen LogP) is -0.971. The SMILES string of the molecule is NC(=O)NCC1CCCN(C(=O)C2CNC(=O)C2)C1. The van der Waals surface area contributed by atoms with E-state index < -0.39 is 6.03 Å². The van der Waals surface area contributed by atoms with Crippen LogP contribution in [0.1, 0.15) is 19.3 Å². The quantitative estimate of drug-likeness (QED) is 0.613. The molecule has 7 nitrogen and oxygen atoms in total. The largest absolute Gasteiger partial charge is 0.355 e. The van der Waals surface area contributed by atoms with Crippen molar-refractivity contribution in [3.8, 4) is 0 Å². The summed E-state index contributed by atoms with van der Waals surface area (Å²) >= 11 is 0. The first kappa shape index (κ1) is 13.6. The molecule has 2 rings (SSSR count). The van der Waals surface area contributed by atoms with E-state index in [1.165, 1.54) is 0 Å². The van der Waals surface area contributed by atoms with Crippen LogP contribution in [0.25, 0.3) is 0 Å². The van der Waals surface area contributed by atoms with E-state index >= 15 is 0 Å². The minimum absolute atomic E-state index is 0.0436. The number of nitrogens with zero attached hydrogens (tertiary/aromatic N) is 1. The lowest BCUT2D eigenvalue weighted by atomic mass is 9.96. The molecule has 2 unspecified atom stereocenters. The zero-order valence-corrected chi connectivity index (χ0v) is 10.9. The number of carbonyl (C=O) groups excluding carboxylic acids is 3. The van der Waals surface area contributed by atoms with Crippen LogP contribution in [-0.2, 0) is 9.59 Å². The van der Waals surface area contributed by atoms with E-state index in [-0.39, 0.29) is 23.7 Å². The zero-order valence-electron chi connectivity index (χ0n) is 10.9. The molecular weight excluding hydrogens is 248 g/mol. The van der Waals surface area contributed by atoms with Crippen LogP contribution < -0.4 is 16.4 Å². The lowest BCUT2D eigenvalue weighted by molar-refractivity contribution is -0.137. The number of hydrogen-bond acceptors (Lipinski definition) is 3. The Hall–Kier alpha value is -1.79. The second kappa shape index (κ2) is 5.90. The lowest BCUT2D eigenvalue weighted by Crippen LogP contribution is -2.46. The van der Waals surface area contributed by atoms with Crippen molar-refractivity contribution < 1.29 is 14.4 Å². The summed E-state index contributed by atoms with van der Waals surface area (Å²) < 4.78 is 0. The molecule has 2 aliphatic rings. The molecule has 0 aromatic heterocycles. The molecule has 2 saturated heterocycles. The number of carbonyl (C=O) groups is 3. The Morgan fingerprint density at radius 2 is 2.26 bits per heavy atom. The monoisotopic (exact) mass is 268 g/mol. The molecule has 0 spiro atoms. The van der Waals surface area contributed by atoms with Gasteiger partial charge in [-0.15, -0.1) is 0 Å². The second-order valence-electron chi connectivity index (χ2n) is 5.24. The van der Waals surface area contributed by atoms with Gasteiger partial charge in [-0.05, 0) is 18.8 Å². The standard InChI is InChI=1S/C12H20N4O3/c13-12(19)15-5-8-2-1-3-16(7-8)11(18)9-4-10(17)14-6-9/h8-9H,1-7H2,(H,14,17)(H3,13,15,19). The van der Waals surface area contributed by atoms with Crippen molar-refractivity contribution in [2.45, 2.75) is 19.3 Å². The summed E-state index contributed by atoms with van der Waals surface area (Å²) in [5.74, 6) is 0.00930. The molecule has 2 atom stereocenters. The van der Waals surface area contributed by atoms with Gasteiger partial charge in [0.25, 0.3) is 0 Å². The molecule has 19 heavy (non-hydrogen) atoms. The van der Waals surface area contributed by atoms with Gasteiger partial charge in [0.15, 0.2) is 0 Å². The fraction of sp³-hybridized carbons (Fsp3) is 0.750. The van der Waals surface area contributed by atoms with E-state index in [1.54, 1.807) is 0 Å². The summed E-state index contributed by atoms with van der Waals surface area (Å²) in [7, 11) is 0. The van der Waals surface area contributed by atoms with Gasteiger partial charge < -0.3 is 21.3 Å². The van der Waals surface area contributed by atoms with Crippen LogP contribution in [0, 0.1) is 11.8 Å². The van der Waals surface area contributed by atoms with Gasteiger partial charge in [-0.3, -0.25) is 9.59 Å². The average Bonchev–Trinajstić information content (AvgIpc) is 2.82.